The number of hydrogen-bond acceptors (Lipinski definition) is 7. The lowest BCUT2D eigenvalue weighted by atomic mass is 10.1. The van der Waals surface area contributed by atoms with Gasteiger partial charge >= 0.3 is 5.97 Å². The van der Waals surface area contributed by atoms with Crippen LogP contribution in [0.3, 0.4) is 0 Å². The summed E-state index contributed by atoms with van der Waals surface area (Å²) < 4.78 is 40.4. The number of thiophene rings is 1. The predicted molar refractivity (Wildman–Crippen MR) is 125 cm³/mol. The van der Waals surface area contributed by atoms with Gasteiger partial charge in [-0.25, -0.2) is 23.5 Å². The fourth-order valence-electron chi connectivity index (χ4n) is 3.67. The van der Waals surface area contributed by atoms with Crippen LogP contribution in [-0.4, -0.2) is 47.3 Å². The van der Waals surface area contributed by atoms with E-state index in [1.165, 1.54) is 11.3 Å². The van der Waals surface area contributed by atoms with E-state index in [2.05, 4.69) is 14.9 Å². The molecule has 1 aliphatic heterocycles. The van der Waals surface area contributed by atoms with Gasteiger partial charge in [-0.1, -0.05) is 11.6 Å². The number of piperidine rings is 1. The highest BCUT2D eigenvalue weighted by molar-refractivity contribution is 7.17. The number of carbonyl (C=O) groups excluding carboxylic acids is 1. The Morgan fingerprint density at radius 2 is 1.94 bits per heavy atom. The maximum Gasteiger partial charge on any atom is 0.332 e. The van der Waals surface area contributed by atoms with Gasteiger partial charge in [0.2, 0.25) is 0 Å². The van der Waals surface area contributed by atoms with E-state index in [0.29, 0.717) is 37.3 Å². The number of rotatable bonds is 5. The van der Waals surface area contributed by atoms with Crippen molar-refractivity contribution in [2.45, 2.75) is 45.3 Å². The molecule has 0 atom stereocenters. The summed E-state index contributed by atoms with van der Waals surface area (Å²) >= 11 is 7.18. The number of hydrogen-bond donors (Lipinski definition) is 0. The fourth-order valence-corrected chi connectivity index (χ4v) is 4.67. The van der Waals surface area contributed by atoms with Crippen molar-refractivity contribution in [2.24, 2.45) is 0 Å². The highest BCUT2D eigenvalue weighted by atomic mass is 35.5. The molecule has 2 aromatic heterocycles. The second-order valence-electron chi connectivity index (χ2n) is 8.84. The van der Waals surface area contributed by atoms with Gasteiger partial charge in [-0.15, -0.1) is 11.3 Å². The first-order chi connectivity index (χ1) is 15.6. The Labute approximate surface area is 199 Å². The van der Waals surface area contributed by atoms with Gasteiger partial charge in [0.15, 0.2) is 11.6 Å². The Balaban J connectivity index is 1.50. The number of nitrogens with zero attached hydrogens (tertiary/aromatic N) is 3. The summed E-state index contributed by atoms with van der Waals surface area (Å²) in [6, 6.07) is 3.78. The maximum atomic E-state index is 14.5. The summed E-state index contributed by atoms with van der Waals surface area (Å²) in [4.78, 5) is 23.0. The molecular formula is C23H24ClF2N3O3S. The van der Waals surface area contributed by atoms with Crippen molar-refractivity contribution < 1.29 is 23.0 Å². The van der Waals surface area contributed by atoms with Crippen LogP contribution in [0.5, 0.6) is 0 Å². The molecule has 0 unspecified atom stereocenters. The minimum Gasteiger partial charge on any atom is -0.458 e. The van der Waals surface area contributed by atoms with Crippen molar-refractivity contribution >= 4 is 44.9 Å². The van der Waals surface area contributed by atoms with Gasteiger partial charge in [0.25, 0.3) is 0 Å². The van der Waals surface area contributed by atoms with E-state index in [1.54, 1.807) is 0 Å². The second kappa shape index (κ2) is 9.48. The van der Waals surface area contributed by atoms with Crippen molar-refractivity contribution in [1.82, 2.24) is 9.97 Å². The third-order valence-electron chi connectivity index (χ3n) is 5.13. The van der Waals surface area contributed by atoms with Gasteiger partial charge in [-0.3, -0.25) is 0 Å². The SMILES string of the molecule is CC(C)(C)OC(=O)COC1CCN(c2nc(-c3cc(F)c(Cl)cc3F)nc3ccsc23)CC1. The van der Waals surface area contributed by atoms with Crippen LogP contribution in [0.4, 0.5) is 14.6 Å². The molecule has 0 spiro atoms. The molecule has 33 heavy (non-hydrogen) atoms. The first-order valence-corrected chi connectivity index (χ1v) is 11.8. The molecule has 3 heterocycles. The van der Waals surface area contributed by atoms with Crippen LogP contribution in [-0.2, 0) is 14.3 Å². The van der Waals surface area contributed by atoms with Crippen molar-refractivity contribution in [3.63, 3.8) is 0 Å². The molecule has 0 amide bonds. The number of halogens is 3. The van der Waals surface area contributed by atoms with Crippen LogP contribution in [0.15, 0.2) is 23.6 Å². The summed E-state index contributed by atoms with van der Waals surface area (Å²) in [5.41, 5.74) is 0.0764. The Morgan fingerprint density at radius 1 is 1.21 bits per heavy atom. The monoisotopic (exact) mass is 495 g/mol. The number of aromatic nitrogens is 2. The average Bonchev–Trinajstić information content (AvgIpc) is 3.22. The molecule has 176 valence electrons. The van der Waals surface area contributed by atoms with Gasteiger partial charge < -0.3 is 14.4 Å². The smallest absolute Gasteiger partial charge is 0.332 e. The average molecular weight is 496 g/mol. The second-order valence-corrected chi connectivity index (χ2v) is 10.2. The maximum absolute atomic E-state index is 14.5. The van der Waals surface area contributed by atoms with Crippen LogP contribution < -0.4 is 4.90 Å². The summed E-state index contributed by atoms with van der Waals surface area (Å²) in [6.45, 7) is 6.63. The minimum absolute atomic E-state index is 0.0400. The number of carbonyl (C=O) groups is 1. The van der Waals surface area contributed by atoms with Crippen LogP contribution in [0.25, 0.3) is 21.6 Å². The third kappa shape index (κ3) is 5.59. The fraction of sp³-hybridized carbons (Fsp3) is 0.435. The predicted octanol–water partition coefficient (Wildman–Crippen LogP) is 5.62. The Hall–Kier alpha value is -2.36. The molecule has 0 saturated carbocycles. The van der Waals surface area contributed by atoms with E-state index in [0.717, 1.165) is 16.8 Å². The Bertz CT molecular complexity index is 1170. The van der Waals surface area contributed by atoms with Gasteiger partial charge in [-0.05, 0) is 57.2 Å². The molecule has 1 fully saturated rings. The molecule has 3 aromatic rings. The van der Waals surface area contributed by atoms with Crippen LogP contribution in [0, 0.1) is 11.6 Å². The zero-order chi connectivity index (χ0) is 23.8. The lowest BCUT2D eigenvalue weighted by Gasteiger charge is -2.33. The number of esters is 1. The summed E-state index contributed by atoms with van der Waals surface area (Å²) in [6.07, 6.45) is 1.31. The first-order valence-electron chi connectivity index (χ1n) is 10.6. The van der Waals surface area contributed by atoms with E-state index in [1.807, 2.05) is 32.2 Å². The standard InChI is InChI=1S/C23H24ClF2N3O3S/c1-23(2,3)32-19(30)12-31-13-4-7-29(8-5-13)22-20-18(6-9-33-20)27-21(28-22)14-10-17(26)15(24)11-16(14)25/h6,9-11,13H,4-5,7-8,12H2,1-3H3. The van der Waals surface area contributed by atoms with Gasteiger partial charge in [0.1, 0.15) is 23.8 Å². The zero-order valence-corrected chi connectivity index (χ0v) is 20.1. The van der Waals surface area contributed by atoms with Crippen LogP contribution in [0.2, 0.25) is 5.02 Å². The van der Waals surface area contributed by atoms with Crippen molar-refractivity contribution in [3.8, 4) is 11.4 Å². The normalized spacial score (nSPS) is 15.3. The topological polar surface area (TPSA) is 64.6 Å². The molecule has 0 bridgehead atoms. The molecule has 0 radical (unpaired) electrons. The molecule has 6 nitrogen and oxygen atoms in total. The summed E-state index contributed by atoms with van der Waals surface area (Å²) in [7, 11) is 0. The highest BCUT2D eigenvalue weighted by Gasteiger charge is 2.26. The highest BCUT2D eigenvalue weighted by Crippen LogP contribution is 2.34. The number of benzene rings is 1. The Morgan fingerprint density at radius 3 is 2.64 bits per heavy atom. The van der Waals surface area contributed by atoms with E-state index in [-0.39, 0.29) is 35.1 Å². The van der Waals surface area contributed by atoms with Gasteiger partial charge in [0, 0.05) is 13.1 Å². The third-order valence-corrected chi connectivity index (χ3v) is 6.32. The molecule has 1 aliphatic rings. The van der Waals surface area contributed by atoms with Crippen LogP contribution in [0.1, 0.15) is 33.6 Å². The lowest BCUT2D eigenvalue weighted by molar-refractivity contribution is -0.162. The van der Waals surface area contributed by atoms with E-state index < -0.39 is 17.2 Å². The number of anilines is 1. The van der Waals surface area contributed by atoms with E-state index in [4.69, 9.17) is 21.1 Å². The van der Waals surface area contributed by atoms with Crippen molar-refractivity contribution in [3.05, 3.63) is 40.2 Å². The van der Waals surface area contributed by atoms with E-state index >= 15 is 0 Å². The largest absolute Gasteiger partial charge is 0.458 e. The molecule has 1 aromatic carbocycles. The van der Waals surface area contributed by atoms with E-state index in [9.17, 15) is 13.6 Å². The zero-order valence-electron chi connectivity index (χ0n) is 18.5. The van der Waals surface area contributed by atoms with Crippen LogP contribution >= 0.6 is 22.9 Å². The minimum atomic E-state index is -0.730. The summed E-state index contributed by atoms with van der Waals surface area (Å²) in [5, 5.41) is 1.60. The molecule has 10 heteroatoms. The molecular weight excluding hydrogens is 472 g/mol. The molecule has 0 N–H and O–H groups in total. The quantitative estimate of drug-likeness (QED) is 0.338. The van der Waals surface area contributed by atoms with Gasteiger partial charge in [0.05, 0.1) is 26.9 Å². The Kier molecular flexibility index (Phi) is 6.83. The lowest BCUT2D eigenvalue weighted by Crippen LogP contribution is -2.38. The van der Waals surface area contributed by atoms with Crippen molar-refractivity contribution in [1.29, 1.82) is 0 Å². The molecule has 0 aliphatic carbocycles. The molecule has 4 rings (SSSR count). The number of fused-ring (bicyclic) bond motifs is 1. The first kappa shape index (κ1) is 23.8. The number of ether oxygens (including phenoxy) is 2. The van der Waals surface area contributed by atoms with Crippen molar-refractivity contribution in [2.75, 3.05) is 24.6 Å². The molecule has 1 saturated heterocycles. The summed E-state index contributed by atoms with van der Waals surface area (Å²) in [5.74, 6) is -1.02. The van der Waals surface area contributed by atoms with Gasteiger partial charge in [-0.2, -0.15) is 0 Å².